The molecule has 0 radical (unpaired) electrons. The molecule has 1 aromatic carbocycles. The van der Waals surface area contributed by atoms with Crippen LogP contribution in [-0.2, 0) is 19.6 Å². The van der Waals surface area contributed by atoms with E-state index in [1.165, 1.54) is 12.1 Å². The van der Waals surface area contributed by atoms with E-state index in [2.05, 4.69) is 19.2 Å². The maximum absolute atomic E-state index is 12.8. The minimum atomic E-state index is -3.51. The van der Waals surface area contributed by atoms with Crippen molar-refractivity contribution < 1.29 is 18.0 Å². The number of sulfonamides is 1. The minimum Gasteiger partial charge on any atom is -0.342 e. The van der Waals surface area contributed by atoms with Gasteiger partial charge in [0.15, 0.2) is 0 Å². The number of nitrogens with one attached hydrogen (secondary N) is 1. The van der Waals surface area contributed by atoms with Gasteiger partial charge in [-0.3, -0.25) is 9.59 Å². The summed E-state index contributed by atoms with van der Waals surface area (Å²) < 4.78 is 27.2. The van der Waals surface area contributed by atoms with Gasteiger partial charge in [-0.2, -0.15) is 4.31 Å². The van der Waals surface area contributed by atoms with Gasteiger partial charge in [-0.05, 0) is 49.4 Å². The van der Waals surface area contributed by atoms with Crippen LogP contribution in [0.3, 0.4) is 0 Å². The third-order valence-corrected chi connectivity index (χ3v) is 7.63. The van der Waals surface area contributed by atoms with Gasteiger partial charge >= 0.3 is 0 Å². The van der Waals surface area contributed by atoms with Crippen LogP contribution in [0.2, 0.25) is 0 Å². The third kappa shape index (κ3) is 5.17. The fraction of sp³-hybridized carbons (Fsp3) is 0.619. The second kappa shape index (κ2) is 9.26. The van der Waals surface area contributed by atoms with Crippen molar-refractivity contribution in [3.8, 4) is 0 Å². The molecule has 2 saturated heterocycles. The Morgan fingerprint density at radius 2 is 1.93 bits per heavy atom. The van der Waals surface area contributed by atoms with Gasteiger partial charge in [0, 0.05) is 38.3 Å². The Morgan fingerprint density at radius 1 is 1.21 bits per heavy atom. The molecule has 0 spiro atoms. The lowest BCUT2D eigenvalue weighted by Crippen LogP contribution is -2.39. The minimum absolute atomic E-state index is 0.0239. The molecule has 0 bridgehead atoms. The second-order valence-corrected chi connectivity index (χ2v) is 10.2. The Hall–Kier alpha value is -1.93. The van der Waals surface area contributed by atoms with E-state index in [0.717, 1.165) is 25.7 Å². The van der Waals surface area contributed by atoms with Gasteiger partial charge in [0.2, 0.25) is 21.8 Å². The van der Waals surface area contributed by atoms with Crippen LogP contribution >= 0.6 is 0 Å². The lowest BCUT2D eigenvalue weighted by molar-refractivity contribution is -0.128. The number of anilines is 1. The fourth-order valence-corrected chi connectivity index (χ4v) is 5.58. The molecule has 0 aliphatic carbocycles. The second-order valence-electron chi connectivity index (χ2n) is 8.22. The number of rotatable bonds is 7. The monoisotopic (exact) mass is 421 g/mol. The van der Waals surface area contributed by atoms with E-state index >= 15 is 0 Å². The zero-order valence-corrected chi connectivity index (χ0v) is 18.1. The molecule has 2 aliphatic rings. The Bertz CT molecular complexity index is 838. The molecular formula is C21H31N3O4S. The highest BCUT2D eigenvalue weighted by molar-refractivity contribution is 7.89. The first kappa shape index (κ1) is 21.8. The first-order chi connectivity index (χ1) is 13.8. The Balaban J connectivity index is 1.60. The van der Waals surface area contributed by atoms with Crippen molar-refractivity contribution in [3.63, 3.8) is 0 Å². The van der Waals surface area contributed by atoms with Gasteiger partial charge in [0.05, 0.1) is 10.8 Å². The van der Waals surface area contributed by atoms with Crippen molar-refractivity contribution >= 4 is 27.5 Å². The summed E-state index contributed by atoms with van der Waals surface area (Å²) in [7, 11) is -3.51. The summed E-state index contributed by atoms with van der Waals surface area (Å²) in [6.07, 6.45) is 4.10. The van der Waals surface area contributed by atoms with Crippen molar-refractivity contribution in [1.29, 1.82) is 0 Å². The first-order valence-electron chi connectivity index (χ1n) is 10.5. The van der Waals surface area contributed by atoms with Crippen LogP contribution in [0.25, 0.3) is 0 Å². The normalized spacial score (nSPS) is 23.4. The molecule has 1 N–H and O–H groups in total. The van der Waals surface area contributed by atoms with Crippen LogP contribution < -0.4 is 5.32 Å². The van der Waals surface area contributed by atoms with Crippen molar-refractivity contribution in [2.75, 3.05) is 31.5 Å². The highest BCUT2D eigenvalue weighted by Crippen LogP contribution is 2.25. The van der Waals surface area contributed by atoms with E-state index in [1.807, 2.05) is 0 Å². The van der Waals surface area contributed by atoms with Crippen molar-refractivity contribution in [3.05, 3.63) is 24.3 Å². The Morgan fingerprint density at radius 3 is 2.59 bits per heavy atom. The molecule has 8 heteroatoms. The van der Waals surface area contributed by atoms with Crippen LogP contribution in [0.4, 0.5) is 5.69 Å². The van der Waals surface area contributed by atoms with Gasteiger partial charge < -0.3 is 10.2 Å². The lowest BCUT2D eigenvalue weighted by atomic mass is 10.0. The van der Waals surface area contributed by atoms with E-state index in [-0.39, 0.29) is 29.0 Å². The molecular weight excluding hydrogens is 390 g/mol. The maximum Gasteiger partial charge on any atom is 0.243 e. The van der Waals surface area contributed by atoms with E-state index < -0.39 is 10.0 Å². The summed E-state index contributed by atoms with van der Waals surface area (Å²) in [5.74, 6) is -0.172. The molecule has 0 aromatic heterocycles. The number of amides is 2. The molecule has 2 heterocycles. The highest BCUT2D eigenvalue weighted by Gasteiger charge is 2.34. The van der Waals surface area contributed by atoms with Crippen molar-refractivity contribution in [2.24, 2.45) is 11.8 Å². The van der Waals surface area contributed by atoms with Gasteiger partial charge in [-0.1, -0.05) is 20.3 Å². The Kier molecular flexibility index (Phi) is 6.95. The van der Waals surface area contributed by atoms with Gasteiger partial charge in [-0.15, -0.1) is 0 Å². The van der Waals surface area contributed by atoms with Crippen LogP contribution in [0.15, 0.2) is 29.2 Å². The smallest absolute Gasteiger partial charge is 0.243 e. The SMILES string of the molecule is CCCCN1CC(C(=O)Nc2ccc(S(=O)(=O)N3CCCC(C)C3)cc2)CC1=O. The predicted molar refractivity (Wildman–Crippen MR) is 112 cm³/mol. The average Bonchev–Trinajstić information content (AvgIpc) is 3.07. The van der Waals surface area contributed by atoms with Crippen molar-refractivity contribution in [1.82, 2.24) is 9.21 Å². The third-order valence-electron chi connectivity index (χ3n) is 5.75. The number of hydrogen-bond donors (Lipinski definition) is 1. The number of carbonyl (C=O) groups excluding carboxylic acids is 2. The summed E-state index contributed by atoms with van der Waals surface area (Å²) in [5.41, 5.74) is 0.542. The maximum atomic E-state index is 12.8. The van der Waals surface area contributed by atoms with E-state index in [0.29, 0.717) is 37.8 Å². The van der Waals surface area contributed by atoms with E-state index in [9.17, 15) is 18.0 Å². The summed E-state index contributed by atoms with van der Waals surface area (Å²) in [5, 5.41) is 2.82. The quantitative estimate of drug-likeness (QED) is 0.733. The number of hydrogen-bond acceptors (Lipinski definition) is 4. The van der Waals surface area contributed by atoms with Crippen LogP contribution in [0, 0.1) is 11.8 Å². The molecule has 2 fully saturated rings. The summed E-state index contributed by atoms with van der Waals surface area (Å²) in [4.78, 5) is 26.6. The molecule has 2 unspecified atom stereocenters. The molecule has 160 valence electrons. The molecule has 0 saturated carbocycles. The predicted octanol–water partition coefficient (Wildman–Crippen LogP) is 2.69. The van der Waals surface area contributed by atoms with Gasteiger partial charge in [0.25, 0.3) is 0 Å². The fourth-order valence-electron chi connectivity index (χ4n) is 3.98. The highest BCUT2D eigenvalue weighted by atomic mass is 32.2. The summed E-state index contributed by atoms with van der Waals surface area (Å²) in [6, 6.07) is 6.31. The van der Waals surface area contributed by atoms with Gasteiger partial charge in [0.1, 0.15) is 0 Å². The van der Waals surface area contributed by atoms with Crippen LogP contribution in [-0.4, -0.2) is 55.6 Å². The number of likely N-dealkylation sites (tertiary alicyclic amines) is 1. The van der Waals surface area contributed by atoms with Crippen LogP contribution in [0.5, 0.6) is 0 Å². The summed E-state index contributed by atoms with van der Waals surface area (Å²) >= 11 is 0. The number of carbonyl (C=O) groups is 2. The van der Waals surface area contributed by atoms with Gasteiger partial charge in [-0.25, -0.2) is 8.42 Å². The first-order valence-corrected chi connectivity index (χ1v) is 11.9. The molecule has 29 heavy (non-hydrogen) atoms. The number of benzene rings is 1. The Labute approximate surface area is 173 Å². The van der Waals surface area contributed by atoms with Crippen molar-refractivity contribution in [2.45, 2.75) is 50.8 Å². The number of nitrogens with zero attached hydrogens (tertiary/aromatic N) is 2. The number of unbranched alkanes of at least 4 members (excludes halogenated alkanes) is 1. The standard InChI is InChI=1S/C21H31N3O4S/c1-3-4-11-23-15-17(13-20(23)25)21(26)22-18-7-9-19(10-8-18)29(27,28)24-12-5-6-16(2)14-24/h7-10,16-17H,3-6,11-15H2,1-2H3,(H,22,26). The largest absolute Gasteiger partial charge is 0.342 e. The van der Waals surface area contributed by atoms with Crippen LogP contribution in [0.1, 0.15) is 46.0 Å². The lowest BCUT2D eigenvalue weighted by Gasteiger charge is -2.30. The molecule has 2 atom stereocenters. The summed E-state index contributed by atoms with van der Waals surface area (Å²) in [6.45, 7) is 6.38. The molecule has 3 rings (SSSR count). The van der Waals surface area contributed by atoms with E-state index in [4.69, 9.17) is 0 Å². The number of piperidine rings is 1. The molecule has 2 amide bonds. The molecule has 2 aliphatic heterocycles. The average molecular weight is 422 g/mol. The molecule has 1 aromatic rings. The zero-order valence-electron chi connectivity index (χ0n) is 17.3. The topological polar surface area (TPSA) is 86.8 Å². The molecule has 7 nitrogen and oxygen atoms in total. The van der Waals surface area contributed by atoms with E-state index in [1.54, 1.807) is 21.3 Å². The zero-order chi connectivity index (χ0) is 21.0.